The third kappa shape index (κ3) is 13.6. The molecule has 1 aliphatic heterocycles. The van der Waals surface area contributed by atoms with E-state index < -0.39 is 60.5 Å². The molecule has 0 aromatic rings. The Balaban J connectivity index is 3.67. The van der Waals surface area contributed by atoms with Gasteiger partial charge in [-0.25, -0.2) is 4.79 Å². The lowest BCUT2D eigenvalue weighted by atomic mass is 9.91. The monoisotopic (exact) mass is 648 g/mol. The van der Waals surface area contributed by atoms with Gasteiger partial charge in [0.1, 0.15) is 43.2 Å². The highest BCUT2D eigenvalue weighted by molar-refractivity contribution is 5.82. The van der Waals surface area contributed by atoms with Crippen LogP contribution in [0.3, 0.4) is 0 Å². The number of esters is 2. The molecular weight excluding hydrogens is 588 g/mol. The van der Waals surface area contributed by atoms with Gasteiger partial charge in [-0.2, -0.15) is 0 Å². The molecule has 0 aromatic heterocycles. The largest absolute Gasteiger partial charge is 0.467 e. The highest BCUT2D eigenvalue weighted by Crippen LogP contribution is 2.34. The zero-order chi connectivity index (χ0) is 33.7. The molecule has 45 heavy (non-hydrogen) atoms. The number of hydrogen-bond acceptors (Lipinski definition) is 12. The van der Waals surface area contributed by atoms with Crippen molar-refractivity contribution >= 4 is 11.9 Å². The van der Waals surface area contributed by atoms with E-state index in [1.54, 1.807) is 0 Å². The van der Waals surface area contributed by atoms with Crippen molar-refractivity contribution in [3.05, 3.63) is 12.7 Å². The number of hydrogen-bond donors (Lipinski definition) is 1. The lowest BCUT2D eigenvalue weighted by molar-refractivity contribution is -0.345. The number of carbonyl (C=O) groups is 2. The molecule has 0 saturated carbocycles. The third-order valence-electron chi connectivity index (χ3n) is 7.57. The van der Waals surface area contributed by atoms with E-state index >= 15 is 0 Å². The van der Waals surface area contributed by atoms with Crippen molar-refractivity contribution in [2.75, 3.05) is 53.9 Å². The number of aliphatic hydroxyl groups is 1. The first kappa shape index (κ1) is 41.4. The van der Waals surface area contributed by atoms with Gasteiger partial charge >= 0.3 is 11.9 Å². The van der Waals surface area contributed by atoms with Gasteiger partial charge in [-0.15, -0.1) is 0 Å². The first-order valence-corrected chi connectivity index (χ1v) is 16.5. The maximum Gasteiger partial charge on any atom is 0.344 e. The fourth-order valence-corrected chi connectivity index (χ4v) is 4.80. The molecule has 0 spiro atoms. The van der Waals surface area contributed by atoms with Gasteiger partial charge in [-0.1, -0.05) is 60.0 Å². The summed E-state index contributed by atoms with van der Waals surface area (Å²) in [7, 11) is 2.59. The van der Waals surface area contributed by atoms with Gasteiger partial charge in [0, 0.05) is 40.5 Å². The molecule has 1 saturated heterocycles. The Morgan fingerprint density at radius 3 is 1.89 bits per heavy atom. The maximum absolute atomic E-state index is 13.0. The van der Waals surface area contributed by atoms with Crippen LogP contribution in [0, 0.1) is 0 Å². The van der Waals surface area contributed by atoms with Crippen LogP contribution in [0.1, 0.15) is 86.0 Å². The van der Waals surface area contributed by atoms with Gasteiger partial charge in [0.25, 0.3) is 0 Å². The fraction of sp³-hybridized carbons (Fsp3) is 0.879. The molecule has 1 heterocycles. The molecule has 5 unspecified atom stereocenters. The standard InChI is InChI=1S/C33H60O12/c1-9-14-18-39-22-26(37-7)30(33(36,13-5)32(35)38-8)45-31-29(42-21-17-12-4)28(41-20-16-11-3)27(40-19-15-10-2)25(44-31)23-43-24(6)34/h13,25-31,36H,5,9-12,14-23H2,1-4,6-8H3/t25?,26?,27-,28?,29?,30+,31+,33?/m1/s1. The lowest BCUT2D eigenvalue weighted by Gasteiger charge is -2.48. The van der Waals surface area contributed by atoms with Crippen LogP contribution < -0.4 is 0 Å². The number of methoxy groups -OCH3 is 2. The number of ether oxygens (including phenoxy) is 9. The summed E-state index contributed by atoms with van der Waals surface area (Å²) in [6, 6.07) is 0. The van der Waals surface area contributed by atoms with Crippen LogP contribution >= 0.6 is 0 Å². The minimum Gasteiger partial charge on any atom is -0.467 e. The van der Waals surface area contributed by atoms with E-state index in [1.807, 2.05) is 13.8 Å². The zero-order valence-electron chi connectivity index (χ0n) is 28.7. The molecule has 0 aliphatic carbocycles. The van der Waals surface area contributed by atoms with Crippen molar-refractivity contribution in [2.24, 2.45) is 0 Å². The summed E-state index contributed by atoms with van der Waals surface area (Å²) in [6.45, 7) is 14.8. The molecular formula is C33H60O12. The summed E-state index contributed by atoms with van der Waals surface area (Å²) in [6.07, 6.45) is 1.29. The van der Waals surface area contributed by atoms with Crippen molar-refractivity contribution in [3.8, 4) is 0 Å². The number of carbonyl (C=O) groups excluding carboxylic acids is 2. The average molecular weight is 649 g/mol. The Morgan fingerprint density at radius 1 is 0.867 bits per heavy atom. The lowest BCUT2D eigenvalue weighted by Crippen LogP contribution is -2.65. The van der Waals surface area contributed by atoms with E-state index in [0.717, 1.165) is 64.6 Å². The Labute approximate surface area is 270 Å². The molecule has 1 aliphatic rings. The predicted octanol–water partition coefficient (Wildman–Crippen LogP) is 4.14. The summed E-state index contributed by atoms with van der Waals surface area (Å²) in [5.74, 6) is -1.48. The van der Waals surface area contributed by atoms with Crippen LogP contribution in [0.5, 0.6) is 0 Å². The number of unbranched alkanes of at least 4 members (excludes halogenated alkanes) is 4. The van der Waals surface area contributed by atoms with E-state index in [-0.39, 0.29) is 13.2 Å². The molecule has 0 aromatic carbocycles. The summed E-state index contributed by atoms with van der Waals surface area (Å²) < 4.78 is 54.0. The molecule has 8 atom stereocenters. The van der Waals surface area contributed by atoms with Gasteiger partial charge in [-0.3, -0.25) is 4.79 Å². The SMILES string of the molecule is C=CC(O)(C(=O)OC)[C@@H](O[C@@H]1OC(COC(C)=O)[C@@H](OCCCC)C(OCCCC)C1OCCCC)C(COCCCC)OC. The van der Waals surface area contributed by atoms with Crippen LogP contribution in [0.4, 0.5) is 0 Å². The summed E-state index contributed by atoms with van der Waals surface area (Å²) in [5.41, 5.74) is -2.35. The Hall–Kier alpha value is -1.64. The number of rotatable bonds is 26. The van der Waals surface area contributed by atoms with Crippen LogP contribution in [0.25, 0.3) is 0 Å². The summed E-state index contributed by atoms with van der Waals surface area (Å²) in [5, 5.41) is 11.7. The molecule has 1 rings (SSSR count). The third-order valence-corrected chi connectivity index (χ3v) is 7.57. The van der Waals surface area contributed by atoms with Crippen LogP contribution in [-0.4, -0.2) is 119 Å². The highest BCUT2D eigenvalue weighted by atomic mass is 16.7. The first-order chi connectivity index (χ1) is 21.7. The quantitative estimate of drug-likeness (QED) is 0.0820. The molecule has 12 nitrogen and oxygen atoms in total. The van der Waals surface area contributed by atoms with Crippen LogP contribution in [0.15, 0.2) is 12.7 Å². The van der Waals surface area contributed by atoms with E-state index in [0.29, 0.717) is 26.4 Å². The van der Waals surface area contributed by atoms with Gasteiger partial charge in [0.2, 0.25) is 5.60 Å². The smallest absolute Gasteiger partial charge is 0.344 e. The topological polar surface area (TPSA) is 137 Å². The molecule has 0 bridgehead atoms. The second kappa shape index (κ2) is 23.6. The average Bonchev–Trinajstić information content (AvgIpc) is 3.04. The molecule has 12 heteroatoms. The molecule has 1 fully saturated rings. The Kier molecular flexibility index (Phi) is 21.7. The van der Waals surface area contributed by atoms with Gasteiger partial charge in [0.15, 0.2) is 6.29 Å². The van der Waals surface area contributed by atoms with Crippen molar-refractivity contribution in [2.45, 2.75) is 135 Å². The molecule has 0 amide bonds. The van der Waals surface area contributed by atoms with Crippen molar-refractivity contribution < 1.29 is 57.3 Å². The predicted molar refractivity (Wildman–Crippen MR) is 168 cm³/mol. The molecule has 264 valence electrons. The van der Waals surface area contributed by atoms with E-state index in [2.05, 4.69) is 20.4 Å². The van der Waals surface area contributed by atoms with Gasteiger partial charge in [-0.05, 0) is 31.8 Å². The van der Waals surface area contributed by atoms with Crippen molar-refractivity contribution in [3.63, 3.8) is 0 Å². The van der Waals surface area contributed by atoms with E-state index in [9.17, 15) is 14.7 Å². The maximum atomic E-state index is 13.0. The fourth-order valence-electron chi connectivity index (χ4n) is 4.80. The minimum atomic E-state index is -2.35. The second-order valence-electron chi connectivity index (χ2n) is 11.2. The Bertz CT molecular complexity index is 811. The van der Waals surface area contributed by atoms with E-state index in [4.69, 9.17) is 42.6 Å². The van der Waals surface area contributed by atoms with Crippen LogP contribution in [-0.2, 0) is 52.2 Å². The second-order valence-corrected chi connectivity index (χ2v) is 11.2. The zero-order valence-corrected chi connectivity index (χ0v) is 28.7. The van der Waals surface area contributed by atoms with Crippen molar-refractivity contribution in [1.82, 2.24) is 0 Å². The first-order valence-electron chi connectivity index (χ1n) is 16.5. The van der Waals surface area contributed by atoms with Gasteiger partial charge in [0.05, 0.1) is 13.7 Å². The summed E-state index contributed by atoms with van der Waals surface area (Å²) >= 11 is 0. The van der Waals surface area contributed by atoms with E-state index in [1.165, 1.54) is 14.0 Å². The minimum absolute atomic E-state index is 0.00154. The van der Waals surface area contributed by atoms with Gasteiger partial charge < -0.3 is 47.7 Å². The normalized spacial score (nSPS) is 24.4. The molecule has 0 radical (unpaired) electrons. The molecule has 1 N–H and O–H groups in total. The van der Waals surface area contributed by atoms with Crippen LogP contribution in [0.2, 0.25) is 0 Å². The Morgan fingerprint density at radius 2 is 1.40 bits per heavy atom. The summed E-state index contributed by atoms with van der Waals surface area (Å²) in [4.78, 5) is 24.9. The highest BCUT2D eigenvalue weighted by Gasteiger charge is 2.54. The van der Waals surface area contributed by atoms with Crippen molar-refractivity contribution in [1.29, 1.82) is 0 Å².